The first-order chi connectivity index (χ1) is 15.1. The van der Waals surface area contributed by atoms with E-state index >= 15 is 0 Å². The van der Waals surface area contributed by atoms with Gasteiger partial charge >= 0.3 is 0 Å². The summed E-state index contributed by atoms with van der Waals surface area (Å²) in [6, 6.07) is 17.2. The van der Waals surface area contributed by atoms with Crippen molar-refractivity contribution in [1.29, 1.82) is 0 Å². The molecule has 2 aromatic heterocycles. The molecule has 4 rings (SSSR count). The van der Waals surface area contributed by atoms with Crippen molar-refractivity contribution in [3.05, 3.63) is 99.1 Å². The lowest BCUT2D eigenvalue weighted by Crippen LogP contribution is -2.22. The number of rotatable bonds is 7. The van der Waals surface area contributed by atoms with E-state index in [1.807, 2.05) is 35.7 Å². The zero-order valence-corrected chi connectivity index (χ0v) is 17.0. The van der Waals surface area contributed by atoms with Gasteiger partial charge in [-0.25, -0.2) is 4.98 Å². The molecule has 0 fully saturated rings. The minimum atomic E-state index is -0.510. The van der Waals surface area contributed by atoms with Crippen molar-refractivity contribution in [1.82, 2.24) is 15.3 Å². The van der Waals surface area contributed by atoms with Gasteiger partial charge in [-0.3, -0.25) is 19.9 Å². The van der Waals surface area contributed by atoms with E-state index in [0.717, 1.165) is 22.0 Å². The van der Waals surface area contributed by atoms with Crippen LogP contribution in [-0.4, -0.2) is 20.8 Å². The van der Waals surface area contributed by atoms with E-state index in [0.29, 0.717) is 5.69 Å². The molecule has 0 bridgehead atoms. The van der Waals surface area contributed by atoms with Gasteiger partial charge in [-0.15, -0.1) is 11.3 Å². The third-order valence-electron chi connectivity index (χ3n) is 4.44. The number of carbonyl (C=O) groups excluding carboxylic acids is 1. The normalized spacial score (nSPS) is 10.5. The quantitative estimate of drug-likeness (QED) is 0.322. The first-order valence-corrected chi connectivity index (χ1v) is 10.2. The second kappa shape index (κ2) is 9.14. The third-order valence-corrected chi connectivity index (χ3v) is 5.29. The topological polar surface area (TPSA) is 110 Å². The Morgan fingerprint density at radius 2 is 1.84 bits per heavy atom. The number of para-hydroxylation sites is 1. The number of nitrogens with one attached hydrogen (secondary N) is 2. The minimum Gasteiger partial charge on any atom is -0.350 e. The SMILES string of the molecule is O=C(NCc1nc(-c2ccncc2)cs1)c1ccc(Nc2ccccc2)c([N+](=O)[O-])c1. The van der Waals surface area contributed by atoms with Crippen LogP contribution in [0.5, 0.6) is 0 Å². The van der Waals surface area contributed by atoms with Crippen LogP contribution in [0.3, 0.4) is 0 Å². The lowest BCUT2D eigenvalue weighted by atomic mass is 10.1. The first kappa shape index (κ1) is 20.2. The van der Waals surface area contributed by atoms with Gasteiger partial charge in [0.15, 0.2) is 0 Å². The first-order valence-electron chi connectivity index (χ1n) is 9.33. The maximum Gasteiger partial charge on any atom is 0.293 e. The summed E-state index contributed by atoms with van der Waals surface area (Å²) in [5, 5.41) is 19.9. The number of nitro benzene ring substituents is 1. The third kappa shape index (κ3) is 4.90. The van der Waals surface area contributed by atoms with E-state index in [1.54, 1.807) is 30.6 Å². The van der Waals surface area contributed by atoms with Crippen molar-refractivity contribution in [3.8, 4) is 11.3 Å². The monoisotopic (exact) mass is 431 g/mol. The molecule has 8 nitrogen and oxygen atoms in total. The molecule has 0 aliphatic carbocycles. The van der Waals surface area contributed by atoms with Crippen LogP contribution in [0.4, 0.5) is 17.1 Å². The Morgan fingerprint density at radius 3 is 2.58 bits per heavy atom. The maximum absolute atomic E-state index is 12.6. The number of amides is 1. The van der Waals surface area contributed by atoms with Crippen LogP contribution in [0.15, 0.2) is 78.4 Å². The number of anilines is 2. The smallest absolute Gasteiger partial charge is 0.293 e. The van der Waals surface area contributed by atoms with Crippen molar-refractivity contribution in [2.45, 2.75) is 6.54 Å². The molecule has 9 heteroatoms. The summed E-state index contributed by atoms with van der Waals surface area (Å²) >= 11 is 1.43. The number of hydrogen-bond acceptors (Lipinski definition) is 7. The average molecular weight is 431 g/mol. The van der Waals surface area contributed by atoms with Gasteiger partial charge in [0.2, 0.25) is 0 Å². The number of carbonyl (C=O) groups is 1. The van der Waals surface area contributed by atoms with E-state index in [-0.39, 0.29) is 17.8 Å². The number of nitro groups is 1. The lowest BCUT2D eigenvalue weighted by molar-refractivity contribution is -0.383. The van der Waals surface area contributed by atoms with Crippen molar-refractivity contribution in [3.63, 3.8) is 0 Å². The van der Waals surface area contributed by atoms with Gasteiger partial charge in [-0.05, 0) is 36.4 Å². The number of nitrogens with zero attached hydrogens (tertiary/aromatic N) is 3. The highest BCUT2D eigenvalue weighted by molar-refractivity contribution is 7.09. The van der Waals surface area contributed by atoms with Gasteiger partial charge < -0.3 is 10.6 Å². The Balaban J connectivity index is 1.45. The predicted octanol–water partition coefficient (Wildman–Crippen LogP) is 4.79. The van der Waals surface area contributed by atoms with E-state index in [2.05, 4.69) is 20.6 Å². The summed E-state index contributed by atoms with van der Waals surface area (Å²) in [5.41, 5.74) is 2.82. The van der Waals surface area contributed by atoms with Crippen LogP contribution < -0.4 is 10.6 Å². The highest BCUT2D eigenvalue weighted by atomic mass is 32.1. The minimum absolute atomic E-state index is 0.175. The molecular formula is C22H17N5O3S. The van der Waals surface area contributed by atoms with Gasteiger partial charge in [0.05, 0.1) is 17.2 Å². The molecule has 0 atom stereocenters. The fourth-order valence-electron chi connectivity index (χ4n) is 2.91. The zero-order chi connectivity index (χ0) is 21.6. The Bertz CT molecular complexity index is 1210. The van der Waals surface area contributed by atoms with Gasteiger partial charge in [0, 0.05) is 40.7 Å². The molecule has 0 aliphatic rings. The highest BCUT2D eigenvalue weighted by Gasteiger charge is 2.18. The molecule has 2 heterocycles. The summed E-state index contributed by atoms with van der Waals surface area (Å²) in [7, 11) is 0. The van der Waals surface area contributed by atoms with Crippen LogP contribution in [0.25, 0.3) is 11.3 Å². The van der Waals surface area contributed by atoms with Crippen LogP contribution >= 0.6 is 11.3 Å². The van der Waals surface area contributed by atoms with Gasteiger partial charge in [-0.1, -0.05) is 18.2 Å². The number of benzene rings is 2. The van der Waals surface area contributed by atoms with Crippen molar-refractivity contribution >= 4 is 34.3 Å². The van der Waals surface area contributed by atoms with E-state index < -0.39 is 10.8 Å². The molecule has 0 aliphatic heterocycles. The summed E-state index contributed by atoms with van der Waals surface area (Å²) in [6.45, 7) is 0.229. The Morgan fingerprint density at radius 1 is 1.06 bits per heavy atom. The molecule has 0 saturated heterocycles. The Kier molecular flexibility index (Phi) is 5.95. The maximum atomic E-state index is 12.6. The van der Waals surface area contributed by atoms with Gasteiger partial charge in [-0.2, -0.15) is 0 Å². The second-order valence-electron chi connectivity index (χ2n) is 6.53. The van der Waals surface area contributed by atoms with Crippen LogP contribution in [0.2, 0.25) is 0 Å². The van der Waals surface area contributed by atoms with Crippen LogP contribution in [0.1, 0.15) is 15.4 Å². The van der Waals surface area contributed by atoms with Gasteiger partial charge in [0.25, 0.3) is 11.6 Å². The van der Waals surface area contributed by atoms with Crippen LogP contribution in [-0.2, 0) is 6.54 Å². The number of thiazole rings is 1. The fourth-order valence-corrected chi connectivity index (χ4v) is 3.65. The van der Waals surface area contributed by atoms with Crippen molar-refractivity contribution in [2.75, 3.05) is 5.32 Å². The molecule has 4 aromatic rings. The molecule has 154 valence electrons. The van der Waals surface area contributed by atoms with Gasteiger partial charge in [0.1, 0.15) is 10.7 Å². The molecule has 2 aromatic carbocycles. The number of pyridine rings is 1. The fraction of sp³-hybridized carbons (Fsp3) is 0.0455. The molecule has 2 N–H and O–H groups in total. The molecule has 0 unspecified atom stereocenters. The summed E-state index contributed by atoms with van der Waals surface area (Å²) < 4.78 is 0. The number of aromatic nitrogens is 2. The number of hydrogen-bond donors (Lipinski definition) is 2. The molecule has 1 amide bonds. The Labute approximate surface area is 181 Å². The largest absolute Gasteiger partial charge is 0.350 e. The molecule has 0 saturated carbocycles. The second-order valence-corrected chi connectivity index (χ2v) is 7.47. The summed E-state index contributed by atoms with van der Waals surface area (Å²) in [4.78, 5) is 32.1. The predicted molar refractivity (Wildman–Crippen MR) is 119 cm³/mol. The standard InChI is InChI=1S/C22H17N5O3S/c28-22(24-13-21-26-19(14-31-21)15-8-10-23-11-9-15)16-6-7-18(20(12-16)27(29)30)25-17-4-2-1-3-5-17/h1-12,14,25H,13H2,(H,24,28). The van der Waals surface area contributed by atoms with E-state index in [1.165, 1.54) is 23.5 Å². The van der Waals surface area contributed by atoms with E-state index in [4.69, 9.17) is 0 Å². The highest BCUT2D eigenvalue weighted by Crippen LogP contribution is 2.29. The summed E-state index contributed by atoms with van der Waals surface area (Å²) in [6.07, 6.45) is 3.39. The van der Waals surface area contributed by atoms with E-state index in [9.17, 15) is 14.9 Å². The molecule has 31 heavy (non-hydrogen) atoms. The van der Waals surface area contributed by atoms with Crippen molar-refractivity contribution in [2.24, 2.45) is 0 Å². The zero-order valence-electron chi connectivity index (χ0n) is 16.2. The molecule has 0 spiro atoms. The molecular weight excluding hydrogens is 414 g/mol. The summed E-state index contributed by atoms with van der Waals surface area (Å²) in [5.74, 6) is -0.407. The Hall–Kier alpha value is -4.11. The molecule has 0 radical (unpaired) electrons. The van der Waals surface area contributed by atoms with Crippen molar-refractivity contribution < 1.29 is 9.72 Å². The lowest BCUT2D eigenvalue weighted by Gasteiger charge is -2.09. The average Bonchev–Trinajstić information content (AvgIpc) is 3.28. The van der Waals surface area contributed by atoms with Crippen LogP contribution in [0, 0.1) is 10.1 Å².